The number of aryl methyl sites for hydroxylation is 1. The maximum atomic E-state index is 13.8. The lowest BCUT2D eigenvalue weighted by Crippen LogP contribution is -2.50. The highest BCUT2D eigenvalue weighted by Crippen LogP contribution is 2.16. The van der Waals surface area contributed by atoms with Crippen LogP contribution in [0.5, 0.6) is 0 Å². The first kappa shape index (κ1) is 17.7. The number of hydrogen-bond acceptors (Lipinski definition) is 3. The van der Waals surface area contributed by atoms with E-state index in [1.54, 1.807) is 24.1 Å². The molecule has 1 fully saturated rings. The van der Waals surface area contributed by atoms with Crippen LogP contribution in [0.4, 0.5) is 14.9 Å². The van der Waals surface area contributed by atoms with Crippen LogP contribution in [0.1, 0.15) is 18.4 Å². The number of carbonyl (C=O) groups is 1. The van der Waals surface area contributed by atoms with Gasteiger partial charge in [-0.1, -0.05) is 6.07 Å². The van der Waals surface area contributed by atoms with Gasteiger partial charge in [0.1, 0.15) is 5.82 Å². The maximum absolute atomic E-state index is 13.8. The van der Waals surface area contributed by atoms with Crippen molar-refractivity contribution in [3.63, 3.8) is 0 Å². The Morgan fingerprint density at radius 2 is 2.00 bits per heavy atom. The van der Waals surface area contributed by atoms with Gasteiger partial charge in [0.05, 0.1) is 5.69 Å². The lowest BCUT2D eigenvalue weighted by molar-refractivity contribution is 0.140. The summed E-state index contributed by atoms with van der Waals surface area (Å²) in [5, 5.41) is 2.66. The van der Waals surface area contributed by atoms with E-state index in [2.05, 4.69) is 10.2 Å². The van der Waals surface area contributed by atoms with E-state index in [9.17, 15) is 9.18 Å². The topological polar surface area (TPSA) is 44.8 Å². The number of amides is 2. The monoisotopic (exact) mass is 323 g/mol. The van der Waals surface area contributed by atoms with Gasteiger partial charge in [0.2, 0.25) is 0 Å². The zero-order chi connectivity index (χ0) is 16.7. The molecule has 5 nitrogen and oxygen atoms in total. The van der Waals surface area contributed by atoms with Crippen molar-refractivity contribution in [2.75, 3.05) is 51.8 Å². The quantitative estimate of drug-likeness (QED) is 0.819. The van der Waals surface area contributed by atoms with Crippen LogP contribution < -0.4 is 5.32 Å². The average molecular weight is 323 g/mol. The SMILES string of the molecule is COCCCCN1CCN(C(=O)Nc2ccc(C)cc2F)CC1. The summed E-state index contributed by atoms with van der Waals surface area (Å²) in [7, 11) is 1.72. The second-order valence-electron chi connectivity index (χ2n) is 5.94. The summed E-state index contributed by atoms with van der Waals surface area (Å²) >= 11 is 0. The van der Waals surface area contributed by atoms with Crippen molar-refractivity contribution in [3.8, 4) is 0 Å². The summed E-state index contributed by atoms with van der Waals surface area (Å²) in [4.78, 5) is 16.3. The van der Waals surface area contributed by atoms with Crippen molar-refractivity contribution in [1.29, 1.82) is 0 Å². The fourth-order valence-corrected chi connectivity index (χ4v) is 2.67. The molecule has 0 unspecified atom stereocenters. The molecule has 1 aliphatic heterocycles. The smallest absolute Gasteiger partial charge is 0.322 e. The van der Waals surface area contributed by atoms with Gasteiger partial charge in [0, 0.05) is 39.9 Å². The van der Waals surface area contributed by atoms with E-state index in [-0.39, 0.29) is 11.7 Å². The minimum Gasteiger partial charge on any atom is -0.385 e. The van der Waals surface area contributed by atoms with Crippen LogP contribution in [0.3, 0.4) is 0 Å². The minimum atomic E-state index is -0.393. The number of rotatable bonds is 6. The molecule has 1 aromatic rings. The highest BCUT2D eigenvalue weighted by Gasteiger charge is 2.21. The summed E-state index contributed by atoms with van der Waals surface area (Å²) in [6.45, 7) is 6.71. The Labute approximate surface area is 137 Å². The van der Waals surface area contributed by atoms with Gasteiger partial charge in [-0.3, -0.25) is 4.90 Å². The number of hydrogen-bond donors (Lipinski definition) is 1. The fourth-order valence-electron chi connectivity index (χ4n) is 2.67. The van der Waals surface area contributed by atoms with Crippen molar-refractivity contribution in [3.05, 3.63) is 29.6 Å². The maximum Gasteiger partial charge on any atom is 0.322 e. The molecule has 128 valence electrons. The van der Waals surface area contributed by atoms with Crippen LogP contribution in [0.25, 0.3) is 0 Å². The van der Waals surface area contributed by atoms with Gasteiger partial charge in [-0.2, -0.15) is 0 Å². The van der Waals surface area contributed by atoms with Gasteiger partial charge in [0.25, 0.3) is 0 Å². The molecule has 1 aliphatic rings. The molecule has 6 heteroatoms. The number of ether oxygens (including phenoxy) is 1. The minimum absolute atomic E-state index is 0.230. The van der Waals surface area contributed by atoms with Gasteiger partial charge < -0.3 is 15.0 Å². The lowest BCUT2D eigenvalue weighted by Gasteiger charge is -2.34. The first-order valence-electron chi connectivity index (χ1n) is 8.13. The van der Waals surface area contributed by atoms with Crippen LogP contribution in [-0.2, 0) is 4.74 Å². The molecule has 0 spiro atoms. The van der Waals surface area contributed by atoms with Crippen LogP contribution in [-0.4, -0.2) is 62.3 Å². The van der Waals surface area contributed by atoms with E-state index in [1.807, 2.05) is 6.92 Å². The van der Waals surface area contributed by atoms with Crippen molar-refractivity contribution in [1.82, 2.24) is 9.80 Å². The number of unbranched alkanes of at least 4 members (excludes halogenated alkanes) is 1. The third kappa shape index (κ3) is 5.48. The van der Waals surface area contributed by atoms with Crippen LogP contribution in [0.2, 0.25) is 0 Å². The molecule has 0 saturated carbocycles. The predicted molar refractivity (Wildman–Crippen MR) is 89.3 cm³/mol. The summed E-state index contributed by atoms with van der Waals surface area (Å²) < 4.78 is 18.8. The molecule has 1 N–H and O–H groups in total. The lowest BCUT2D eigenvalue weighted by atomic mass is 10.2. The Balaban J connectivity index is 1.75. The molecule has 0 atom stereocenters. The zero-order valence-electron chi connectivity index (χ0n) is 14.0. The van der Waals surface area contributed by atoms with Gasteiger partial charge in [-0.25, -0.2) is 9.18 Å². The van der Waals surface area contributed by atoms with Crippen LogP contribution in [0.15, 0.2) is 18.2 Å². The third-order valence-electron chi connectivity index (χ3n) is 4.10. The second-order valence-corrected chi connectivity index (χ2v) is 5.94. The van der Waals surface area contributed by atoms with E-state index in [0.717, 1.165) is 44.6 Å². The Morgan fingerprint density at radius 3 is 2.65 bits per heavy atom. The van der Waals surface area contributed by atoms with Gasteiger partial charge in [-0.15, -0.1) is 0 Å². The number of methoxy groups -OCH3 is 1. The molecular weight excluding hydrogens is 297 g/mol. The first-order chi connectivity index (χ1) is 11.1. The van der Waals surface area contributed by atoms with Crippen molar-refractivity contribution < 1.29 is 13.9 Å². The Hall–Kier alpha value is -1.66. The highest BCUT2D eigenvalue weighted by molar-refractivity contribution is 5.89. The van der Waals surface area contributed by atoms with Gasteiger partial charge in [-0.05, 0) is 44.0 Å². The number of piperazine rings is 1. The fraction of sp³-hybridized carbons (Fsp3) is 0.588. The van der Waals surface area contributed by atoms with Crippen LogP contribution >= 0.6 is 0 Å². The summed E-state index contributed by atoms with van der Waals surface area (Å²) in [5.41, 5.74) is 1.07. The van der Waals surface area contributed by atoms with E-state index < -0.39 is 5.82 Å². The summed E-state index contributed by atoms with van der Waals surface area (Å²) in [6.07, 6.45) is 2.17. The zero-order valence-corrected chi connectivity index (χ0v) is 14.0. The van der Waals surface area contributed by atoms with Crippen LogP contribution in [0, 0.1) is 12.7 Å². The molecule has 23 heavy (non-hydrogen) atoms. The Morgan fingerprint density at radius 1 is 1.26 bits per heavy atom. The molecule has 1 saturated heterocycles. The average Bonchev–Trinajstić information content (AvgIpc) is 2.55. The molecule has 0 radical (unpaired) electrons. The molecule has 1 aromatic carbocycles. The number of halogens is 1. The van der Waals surface area contributed by atoms with Crippen molar-refractivity contribution in [2.45, 2.75) is 19.8 Å². The van der Waals surface area contributed by atoms with E-state index in [0.29, 0.717) is 13.1 Å². The molecular formula is C17H26FN3O2. The number of urea groups is 1. The largest absolute Gasteiger partial charge is 0.385 e. The molecule has 0 bridgehead atoms. The molecule has 0 aromatic heterocycles. The molecule has 2 rings (SSSR count). The van der Waals surface area contributed by atoms with Gasteiger partial charge in [0.15, 0.2) is 0 Å². The summed E-state index contributed by atoms with van der Waals surface area (Å²) in [5.74, 6) is -0.393. The van der Waals surface area contributed by atoms with Crippen molar-refractivity contribution in [2.24, 2.45) is 0 Å². The third-order valence-corrected chi connectivity index (χ3v) is 4.10. The van der Waals surface area contributed by atoms with Crippen molar-refractivity contribution >= 4 is 11.7 Å². The molecule has 2 amide bonds. The standard InChI is InChI=1S/C17H26FN3O2/c1-14-5-6-16(15(18)13-14)19-17(22)21-10-8-20(9-11-21)7-3-4-12-23-2/h5-6,13H,3-4,7-12H2,1-2H3,(H,19,22). The van der Waals surface area contributed by atoms with E-state index in [1.165, 1.54) is 6.07 Å². The second kappa shape index (κ2) is 8.84. The Kier molecular flexibility index (Phi) is 6.80. The number of nitrogens with one attached hydrogen (secondary N) is 1. The number of anilines is 1. The molecule has 0 aliphatic carbocycles. The van der Waals surface area contributed by atoms with Gasteiger partial charge >= 0.3 is 6.03 Å². The first-order valence-corrected chi connectivity index (χ1v) is 8.13. The molecule has 1 heterocycles. The van der Waals surface area contributed by atoms with E-state index in [4.69, 9.17) is 4.74 Å². The van der Waals surface area contributed by atoms with E-state index >= 15 is 0 Å². The highest BCUT2D eigenvalue weighted by atomic mass is 19.1. The Bertz CT molecular complexity index is 517. The summed E-state index contributed by atoms with van der Waals surface area (Å²) in [6, 6.07) is 4.59. The number of benzene rings is 1. The predicted octanol–water partition coefficient (Wildman–Crippen LogP) is 2.71. The number of carbonyl (C=O) groups excluding carboxylic acids is 1. The number of nitrogens with zero attached hydrogens (tertiary/aromatic N) is 2. The normalized spacial score (nSPS) is 15.7.